The molecule has 1 aliphatic rings. The lowest BCUT2D eigenvalue weighted by Gasteiger charge is -2.34. The summed E-state index contributed by atoms with van der Waals surface area (Å²) in [7, 11) is 1.85. The zero-order valence-corrected chi connectivity index (χ0v) is 16.8. The molecule has 0 spiro atoms. The number of guanidine groups is 1. The number of piperidine rings is 1. The van der Waals surface area contributed by atoms with Gasteiger partial charge in [-0.3, -0.25) is 4.99 Å². The molecular weight excluding hydrogens is 300 g/mol. The van der Waals surface area contributed by atoms with Crippen molar-refractivity contribution in [2.45, 2.75) is 66.0 Å². The second-order valence-electron chi connectivity index (χ2n) is 7.64. The Hall–Kier alpha value is -0.810. The number of aliphatic imine (C=N–C) groups is 1. The summed E-state index contributed by atoms with van der Waals surface area (Å²) in [6, 6.07) is 0.535. The van der Waals surface area contributed by atoms with Crippen molar-refractivity contribution in [1.82, 2.24) is 15.5 Å². The summed E-state index contributed by atoms with van der Waals surface area (Å²) in [6.07, 6.45) is 3.72. The van der Waals surface area contributed by atoms with Crippen LogP contribution in [0.15, 0.2) is 4.99 Å². The Kier molecular flexibility index (Phi) is 10.3. The first-order valence-electron chi connectivity index (χ1n) is 9.77. The van der Waals surface area contributed by atoms with E-state index in [2.05, 4.69) is 55.1 Å². The lowest BCUT2D eigenvalue weighted by molar-refractivity contribution is 0.0258. The topological polar surface area (TPSA) is 48.9 Å². The van der Waals surface area contributed by atoms with Gasteiger partial charge in [-0.25, -0.2) is 0 Å². The number of nitrogens with zero attached hydrogens (tertiary/aromatic N) is 2. The van der Waals surface area contributed by atoms with Crippen molar-refractivity contribution in [2.75, 3.05) is 39.8 Å². The van der Waals surface area contributed by atoms with Gasteiger partial charge in [0.1, 0.15) is 0 Å². The monoisotopic (exact) mass is 340 g/mol. The van der Waals surface area contributed by atoms with Crippen LogP contribution in [-0.2, 0) is 4.74 Å². The summed E-state index contributed by atoms with van der Waals surface area (Å²) in [4.78, 5) is 6.95. The van der Waals surface area contributed by atoms with E-state index in [1.165, 1.54) is 32.5 Å². The van der Waals surface area contributed by atoms with E-state index in [1.807, 2.05) is 7.05 Å². The second-order valence-corrected chi connectivity index (χ2v) is 7.64. The standard InChI is InChI=1S/C19H40N4O/c1-7-24-18(16(4)5)8-11-21-19(20-6)22-17-9-12-23(13-10-17)14-15(2)3/h15-18H,7-14H2,1-6H3,(H2,20,21,22). The Balaban J connectivity index is 2.28. The maximum absolute atomic E-state index is 5.81. The molecule has 1 saturated heterocycles. The van der Waals surface area contributed by atoms with Crippen molar-refractivity contribution >= 4 is 5.96 Å². The van der Waals surface area contributed by atoms with E-state index in [1.54, 1.807) is 0 Å². The van der Waals surface area contributed by atoms with Crippen LogP contribution in [0.1, 0.15) is 53.9 Å². The van der Waals surface area contributed by atoms with Crippen LogP contribution in [0, 0.1) is 11.8 Å². The molecule has 0 amide bonds. The fourth-order valence-electron chi connectivity index (χ4n) is 3.32. The minimum Gasteiger partial charge on any atom is -0.378 e. The van der Waals surface area contributed by atoms with E-state index < -0.39 is 0 Å². The van der Waals surface area contributed by atoms with E-state index in [4.69, 9.17) is 4.74 Å². The normalized spacial score (nSPS) is 19.1. The third kappa shape index (κ3) is 8.34. The molecule has 1 atom stereocenters. The number of ether oxygens (including phenoxy) is 1. The Morgan fingerprint density at radius 2 is 1.88 bits per heavy atom. The highest BCUT2D eigenvalue weighted by atomic mass is 16.5. The van der Waals surface area contributed by atoms with Gasteiger partial charge in [-0.1, -0.05) is 27.7 Å². The van der Waals surface area contributed by atoms with Gasteiger partial charge in [0.25, 0.3) is 0 Å². The molecule has 0 aliphatic carbocycles. The van der Waals surface area contributed by atoms with Crippen molar-refractivity contribution in [3.05, 3.63) is 0 Å². The fourth-order valence-corrected chi connectivity index (χ4v) is 3.32. The zero-order chi connectivity index (χ0) is 17.9. The van der Waals surface area contributed by atoms with Gasteiger partial charge >= 0.3 is 0 Å². The van der Waals surface area contributed by atoms with Crippen molar-refractivity contribution < 1.29 is 4.74 Å². The first-order chi connectivity index (χ1) is 11.5. The van der Waals surface area contributed by atoms with Crippen molar-refractivity contribution in [2.24, 2.45) is 16.8 Å². The van der Waals surface area contributed by atoms with E-state index in [0.29, 0.717) is 18.1 Å². The molecular formula is C19H40N4O. The largest absolute Gasteiger partial charge is 0.378 e. The maximum Gasteiger partial charge on any atom is 0.191 e. The van der Waals surface area contributed by atoms with Crippen LogP contribution in [0.3, 0.4) is 0 Å². The molecule has 0 aromatic heterocycles. The first kappa shape index (κ1) is 21.2. The molecule has 142 valence electrons. The van der Waals surface area contributed by atoms with Crippen molar-refractivity contribution in [3.8, 4) is 0 Å². The Labute approximate surface area is 149 Å². The predicted molar refractivity (Wildman–Crippen MR) is 104 cm³/mol. The van der Waals surface area contributed by atoms with Gasteiger partial charge in [0.15, 0.2) is 5.96 Å². The first-order valence-corrected chi connectivity index (χ1v) is 9.77. The van der Waals surface area contributed by atoms with Crippen molar-refractivity contribution in [1.29, 1.82) is 0 Å². The van der Waals surface area contributed by atoms with Crippen LogP contribution in [0.5, 0.6) is 0 Å². The lowest BCUT2D eigenvalue weighted by Crippen LogP contribution is -2.49. The summed E-state index contributed by atoms with van der Waals surface area (Å²) < 4.78 is 5.81. The van der Waals surface area contributed by atoms with Gasteiger partial charge in [0, 0.05) is 45.9 Å². The third-order valence-electron chi connectivity index (χ3n) is 4.62. The molecule has 0 radical (unpaired) electrons. The molecule has 1 fully saturated rings. The fraction of sp³-hybridized carbons (Fsp3) is 0.947. The molecule has 0 bridgehead atoms. The Morgan fingerprint density at radius 3 is 2.38 bits per heavy atom. The average molecular weight is 341 g/mol. The lowest BCUT2D eigenvalue weighted by atomic mass is 10.0. The molecule has 0 aromatic carbocycles. The van der Waals surface area contributed by atoms with Gasteiger partial charge in [0.2, 0.25) is 0 Å². The van der Waals surface area contributed by atoms with E-state index in [-0.39, 0.29) is 0 Å². The quantitative estimate of drug-likeness (QED) is 0.500. The van der Waals surface area contributed by atoms with Crippen LogP contribution in [0.25, 0.3) is 0 Å². The smallest absolute Gasteiger partial charge is 0.191 e. The second kappa shape index (κ2) is 11.7. The molecule has 2 N–H and O–H groups in total. The van der Waals surface area contributed by atoms with Crippen LogP contribution in [0.4, 0.5) is 0 Å². The highest BCUT2D eigenvalue weighted by Gasteiger charge is 2.20. The van der Waals surface area contributed by atoms with Gasteiger partial charge in [-0.05, 0) is 38.0 Å². The SMILES string of the molecule is CCOC(CCNC(=NC)NC1CCN(CC(C)C)CC1)C(C)C. The number of rotatable bonds is 9. The van der Waals surface area contributed by atoms with Gasteiger partial charge in [0.05, 0.1) is 6.10 Å². The maximum atomic E-state index is 5.81. The summed E-state index contributed by atoms with van der Waals surface area (Å²) in [5.41, 5.74) is 0. The number of nitrogens with one attached hydrogen (secondary N) is 2. The molecule has 5 nitrogen and oxygen atoms in total. The highest BCUT2D eigenvalue weighted by Crippen LogP contribution is 2.12. The van der Waals surface area contributed by atoms with Crippen LogP contribution >= 0.6 is 0 Å². The molecule has 0 saturated carbocycles. The van der Waals surface area contributed by atoms with E-state index in [9.17, 15) is 0 Å². The van der Waals surface area contributed by atoms with E-state index >= 15 is 0 Å². The molecule has 1 aliphatic heterocycles. The molecule has 1 heterocycles. The Morgan fingerprint density at radius 1 is 1.21 bits per heavy atom. The third-order valence-corrected chi connectivity index (χ3v) is 4.62. The minimum atomic E-state index is 0.319. The number of likely N-dealkylation sites (tertiary alicyclic amines) is 1. The predicted octanol–water partition coefficient (Wildman–Crippen LogP) is 2.72. The molecule has 5 heteroatoms. The number of hydrogen-bond acceptors (Lipinski definition) is 3. The summed E-state index contributed by atoms with van der Waals surface area (Å²) in [5.74, 6) is 2.23. The molecule has 0 aromatic rings. The van der Waals surface area contributed by atoms with E-state index in [0.717, 1.165) is 31.4 Å². The van der Waals surface area contributed by atoms with Gasteiger partial charge < -0.3 is 20.3 Å². The highest BCUT2D eigenvalue weighted by molar-refractivity contribution is 5.79. The van der Waals surface area contributed by atoms with Crippen LogP contribution in [-0.4, -0.2) is 62.8 Å². The van der Waals surface area contributed by atoms with Crippen molar-refractivity contribution in [3.63, 3.8) is 0 Å². The molecule has 1 unspecified atom stereocenters. The minimum absolute atomic E-state index is 0.319. The van der Waals surface area contributed by atoms with Gasteiger partial charge in [-0.15, -0.1) is 0 Å². The summed E-state index contributed by atoms with van der Waals surface area (Å²) in [6.45, 7) is 16.4. The zero-order valence-electron chi connectivity index (χ0n) is 16.8. The summed E-state index contributed by atoms with van der Waals surface area (Å²) >= 11 is 0. The van der Waals surface area contributed by atoms with Gasteiger partial charge in [-0.2, -0.15) is 0 Å². The number of hydrogen-bond donors (Lipinski definition) is 2. The molecule has 1 rings (SSSR count). The van der Waals surface area contributed by atoms with Crippen LogP contribution in [0.2, 0.25) is 0 Å². The average Bonchev–Trinajstić information content (AvgIpc) is 2.54. The van der Waals surface area contributed by atoms with Crippen LogP contribution < -0.4 is 10.6 Å². The summed E-state index contributed by atoms with van der Waals surface area (Å²) in [5, 5.41) is 7.04. The Bertz CT molecular complexity index is 349. The molecule has 24 heavy (non-hydrogen) atoms.